The maximum atomic E-state index is 12.4. The summed E-state index contributed by atoms with van der Waals surface area (Å²) in [5, 5.41) is 12.9. The van der Waals surface area contributed by atoms with Gasteiger partial charge in [0.05, 0.1) is 17.9 Å². The number of hydrogen-bond donors (Lipinski definition) is 1. The molecule has 0 saturated heterocycles. The highest BCUT2D eigenvalue weighted by atomic mass is 16.5. The molecule has 1 aromatic heterocycles. The zero-order chi connectivity index (χ0) is 15.0. The zero-order valence-corrected chi connectivity index (χ0v) is 11.2. The zero-order valence-electron chi connectivity index (χ0n) is 11.2. The van der Waals surface area contributed by atoms with Crippen LogP contribution in [0.3, 0.4) is 0 Å². The minimum atomic E-state index is -1.10. The fraction of sp³-hybridized carbons (Fsp3) is 0.214. The Hall–Kier alpha value is -2.83. The third-order valence-electron chi connectivity index (χ3n) is 3.16. The molecule has 108 valence electrons. The number of carboxylic acids is 1. The van der Waals surface area contributed by atoms with E-state index in [4.69, 9.17) is 9.26 Å². The number of aryl methyl sites for hydroxylation is 1. The molecule has 1 amide bonds. The smallest absolute Gasteiger partial charge is 0.339 e. The molecule has 0 bridgehead atoms. The van der Waals surface area contributed by atoms with E-state index in [-0.39, 0.29) is 29.6 Å². The molecular weight excluding hydrogens is 276 g/mol. The summed E-state index contributed by atoms with van der Waals surface area (Å²) < 4.78 is 10.4. The molecule has 0 radical (unpaired) electrons. The largest absolute Gasteiger partial charge is 0.489 e. The van der Waals surface area contributed by atoms with Crippen LogP contribution in [0.1, 0.15) is 26.6 Å². The van der Waals surface area contributed by atoms with Crippen molar-refractivity contribution in [1.82, 2.24) is 5.16 Å². The molecule has 21 heavy (non-hydrogen) atoms. The van der Waals surface area contributed by atoms with Crippen LogP contribution in [0.25, 0.3) is 0 Å². The van der Waals surface area contributed by atoms with E-state index in [1.165, 1.54) is 11.0 Å². The molecule has 7 heteroatoms. The Morgan fingerprint density at radius 1 is 1.38 bits per heavy atom. The van der Waals surface area contributed by atoms with Gasteiger partial charge in [0.15, 0.2) is 5.75 Å². The monoisotopic (exact) mass is 288 g/mol. The molecule has 0 spiro atoms. The Morgan fingerprint density at radius 2 is 2.19 bits per heavy atom. The number of rotatable bonds is 2. The summed E-state index contributed by atoms with van der Waals surface area (Å²) >= 11 is 0. The second kappa shape index (κ2) is 4.93. The summed E-state index contributed by atoms with van der Waals surface area (Å²) in [6, 6.07) is 6.19. The van der Waals surface area contributed by atoms with Gasteiger partial charge in [-0.05, 0) is 19.1 Å². The third-order valence-corrected chi connectivity index (χ3v) is 3.16. The quantitative estimate of drug-likeness (QED) is 0.904. The lowest BCUT2D eigenvalue weighted by molar-refractivity contribution is 0.0690. The van der Waals surface area contributed by atoms with Crippen molar-refractivity contribution in [3.8, 4) is 5.75 Å². The topological polar surface area (TPSA) is 92.9 Å². The Kier molecular flexibility index (Phi) is 3.09. The van der Waals surface area contributed by atoms with Gasteiger partial charge in [-0.1, -0.05) is 11.2 Å². The first kappa shape index (κ1) is 13.2. The Bertz CT molecular complexity index is 722. The summed E-state index contributed by atoms with van der Waals surface area (Å²) in [5.74, 6) is -1.17. The van der Waals surface area contributed by atoms with Crippen molar-refractivity contribution < 1.29 is 24.0 Å². The minimum absolute atomic E-state index is 0.0266. The number of para-hydroxylation sites is 1. The van der Waals surface area contributed by atoms with E-state index in [1.54, 1.807) is 25.1 Å². The fourth-order valence-electron chi connectivity index (χ4n) is 2.23. The van der Waals surface area contributed by atoms with Crippen LogP contribution in [-0.2, 0) is 0 Å². The third kappa shape index (κ3) is 2.22. The van der Waals surface area contributed by atoms with Crippen LogP contribution < -0.4 is 9.64 Å². The molecule has 1 aliphatic rings. The molecule has 0 atom stereocenters. The van der Waals surface area contributed by atoms with Gasteiger partial charge in [-0.2, -0.15) is 0 Å². The number of ether oxygens (including phenoxy) is 1. The van der Waals surface area contributed by atoms with Gasteiger partial charge < -0.3 is 14.4 Å². The summed E-state index contributed by atoms with van der Waals surface area (Å²) in [5.41, 5.74) is 1.05. The number of carboxylic acid groups (broad SMARTS) is 1. The van der Waals surface area contributed by atoms with Crippen molar-refractivity contribution in [1.29, 1.82) is 0 Å². The number of amides is 1. The molecule has 2 aromatic rings. The van der Waals surface area contributed by atoms with E-state index < -0.39 is 5.97 Å². The summed E-state index contributed by atoms with van der Waals surface area (Å²) in [4.78, 5) is 25.1. The lowest BCUT2D eigenvalue weighted by atomic mass is 10.1. The van der Waals surface area contributed by atoms with Crippen molar-refractivity contribution >= 4 is 17.6 Å². The maximum Gasteiger partial charge on any atom is 0.339 e. The van der Waals surface area contributed by atoms with E-state index in [0.717, 1.165) is 0 Å². The molecule has 1 N–H and O–H groups in total. The van der Waals surface area contributed by atoms with Crippen LogP contribution >= 0.6 is 0 Å². The van der Waals surface area contributed by atoms with Crippen molar-refractivity contribution in [2.75, 3.05) is 18.1 Å². The van der Waals surface area contributed by atoms with Gasteiger partial charge in [0.1, 0.15) is 12.2 Å². The van der Waals surface area contributed by atoms with Gasteiger partial charge in [-0.3, -0.25) is 9.69 Å². The second-order valence-corrected chi connectivity index (χ2v) is 4.60. The van der Waals surface area contributed by atoms with E-state index in [9.17, 15) is 14.7 Å². The molecule has 1 aliphatic heterocycles. The van der Waals surface area contributed by atoms with Crippen molar-refractivity contribution in [3.63, 3.8) is 0 Å². The van der Waals surface area contributed by atoms with Crippen LogP contribution in [0, 0.1) is 6.92 Å². The van der Waals surface area contributed by atoms with E-state index in [0.29, 0.717) is 17.9 Å². The fourth-order valence-corrected chi connectivity index (χ4v) is 2.23. The predicted octanol–water partition coefficient (Wildman–Crippen LogP) is 1.72. The highest BCUT2D eigenvalue weighted by molar-refractivity contribution is 6.06. The van der Waals surface area contributed by atoms with Crippen molar-refractivity contribution in [3.05, 3.63) is 41.3 Å². The summed E-state index contributed by atoms with van der Waals surface area (Å²) in [6.07, 6.45) is 0. The molecule has 0 aliphatic carbocycles. The lowest BCUT2D eigenvalue weighted by Crippen LogP contribution is -2.38. The van der Waals surface area contributed by atoms with Gasteiger partial charge in [0.2, 0.25) is 5.76 Å². The van der Waals surface area contributed by atoms with Gasteiger partial charge in [-0.15, -0.1) is 0 Å². The molecule has 1 aromatic carbocycles. The lowest BCUT2D eigenvalue weighted by Gasteiger charge is -2.29. The molecule has 0 saturated carbocycles. The standard InChI is InChI=1S/C14H12N2O5/c1-8-7-11(21-15-8)13(17)16-5-6-20-12-9(14(18)19)3-2-4-10(12)16/h2-4,7H,5-6H2,1H3,(H,18,19). The van der Waals surface area contributed by atoms with Crippen LogP contribution in [0.15, 0.2) is 28.8 Å². The first-order chi connectivity index (χ1) is 10.1. The Labute approximate surface area is 119 Å². The molecule has 7 nitrogen and oxygen atoms in total. The van der Waals surface area contributed by atoms with E-state index in [1.807, 2.05) is 0 Å². The van der Waals surface area contributed by atoms with Crippen LogP contribution in [-0.4, -0.2) is 35.3 Å². The number of benzene rings is 1. The Morgan fingerprint density at radius 3 is 2.86 bits per heavy atom. The van der Waals surface area contributed by atoms with Crippen molar-refractivity contribution in [2.45, 2.75) is 6.92 Å². The first-order valence-electron chi connectivity index (χ1n) is 6.32. The highest BCUT2D eigenvalue weighted by Crippen LogP contribution is 2.35. The van der Waals surface area contributed by atoms with Crippen LogP contribution in [0.2, 0.25) is 0 Å². The first-order valence-corrected chi connectivity index (χ1v) is 6.32. The van der Waals surface area contributed by atoms with Gasteiger partial charge in [0, 0.05) is 6.07 Å². The summed E-state index contributed by atoms with van der Waals surface area (Å²) in [6.45, 7) is 2.25. The molecule has 3 rings (SSSR count). The number of hydrogen-bond acceptors (Lipinski definition) is 5. The predicted molar refractivity (Wildman–Crippen MR) is 71.8 cm³/mol. The summed E-state index contributed by atoms with van der Waals surface area (Å²) in [7, 11) is 0. The van der Waals surface area contributed by atoms with Crippen LogP contribution in [0.5, 0.6) is 5.75 Å². The number of aromatic carboxylic acids is 1. The normalized spacial score (nSPS) is 13.5. The number of carbonyl (C=O) groups excluding carboxylic acids is 1. The number of aromatic nitrogens is 1. The second-order valence-electron chi connectivity index (χ2n) is 4.60. The molecule has 2 heterocycles. The average Bonchev–Trinajstić information content (AvgIpc) is 2.91. The molecule has 0 fully saturated rings. The number of anilines is 1. The number of fused-ring (bicyclic) bond motifs is 1. The van der Waals surface area contributed by atoms with Crippen LogP contribution in [0.4, 0.5) is 5.69 Å². The van der Waals surface area contributed by atoms with Gasteiger partial charge in [-0.25, -0.2) is 4.79 Å². The maximum absolute atomic E-state index is 12.4. The molecule has 0 unspecified atom stereocenters. The van der Waals surface area contributed by atoms with Gasteiger partial charge in [0.25, 0.3) is 5.91 Å². The van der Waals surface area contributed by atoms with Crippen molar-refractivity contribution in [2.24, 2.45) is 0 Å². The number of carbonyl (C=O) groups is 2. The van der Waals surface area contributed by atoms with Gasteiger partial charge >= 0.3 is 5.97 Å². The Balaban J connectivity index is 2.03. The van der Waals surface area contributed by atoms with E-state index >= 15 is 0 Å². The molecular formula is C14H12N2O5. The SMILES string of the molecule is Cc1cc(C(=O)N2CCOc3c(C(=O)O)cccc32)on1. The van der Waals surface area contributed by atoms with E-state index in [2.05, 4.69) is 5.16 Å². The highest BCUT2D eigenvalue weighted by Gasteiger charge is 2.29. The number of nitrogens with zero attached hydrogens (tertiary/aromatic N) is 2. The average molecular weight is 288 g/mol. The minimum Gasteiger partial charge on any atom is -0.489 e.